The number of amides is 1. The van der Waals surface area contributed by atoms with Crippen LogP contribution in [0.3, 0.4) is 0 Å². The number of carboxylic acid groups (broad SMARTS) is 1. The van der Waals surface area contributed by atoms with Gasteiger partial charge in [0.15, 0.2) is 0 Å². The molecule has 0 spiro atoms. The Bertz CT molecular complexity index is 560. The van der Waals surface area contributed by atoms with Crippen LogP contribution in [0.4, 0.5) is 0 Å². The lowest BCUT2D eigenvalue weighted by Gasteiger charge is -2.17. The van der Waals surface area contributed by atoms with Gasteiger partial charge in [0, 0.05) is 6.54 Å². The molecule has 1 aromatic carbocycles. The Morgan fingerprint density at radius 1 is 1.39 bits per heavy atom. The first-order chi connectivity index (χ1) is 11.0. The van der Waals surface area contributed by atoms with Gasteiger partial charge in [0.1, 0.15) is 11.9 Å². The van der Waals surface area contributed by atoms with Gasteiger partial charge < -0.3 is 19.9 Å². The van der Waals surface area contributed by atoms with Crippen molar-refractivity contribution in [2.75, 3.05) is 13.7 Å². The first-order valence-corrected chi connectivity index (χ1v) is 7.79. The fraction of sp³-hybridized carbons (Fsp3) is 0.529. The van der Waals surface area contributed by atoms with E-state index in [9.17, 15) is 14.7 Å². The van der Waals surface area contributed by atoms with Gasteiger partial charge in [-0.1, -0.05) is 18.2 Å². The van der Waals surface area contributed by atoms with Crippen molar-refractivity contribution in [3.05, 3.63) is 29.8 Å². The molecular weight excluding hydrogens is 298 g/mol. The molecule has 1 heterocycles. The van der Waals surface area contributed by atoms with E-state index in [0.717, 1.165) is 12.0 Å². The van der Waals surface area contributed by atoms with Gasteiger partial charge in [-0.2, -0.15) is 0 Å². The minimum absolute atomic E-state index is 0.0699. The number of nitrogens with one attached hydrogen (secondary N) is 1. The van der Waals surface area contributed by atoms with E-state index in [1.54, 1.807) is 13.2 Å². The van der Waals surface area contributed by atoms with Crippen molar-refractivity contribution in [2.45, 2.75) is 38.4 Å². The van der Waals surface area contributed by atoms with E-state index >= 15 is 0 Å². The Morgan fingerprint density at radius 3 is 2.74 bits per heavy atom. The van der Waals surface area contributed by atoms with Crippen LogP contribution in [0.5, 0.6) is 5.75 Å². The van der Waals surface area contributed by atoms with Crippen molar-refractivity contribution in [3.63, 3.8) is 0 Å². The number of hydrogen-bond acceptors (Lipinski definition) is 4. The Kier molecular flexibility index (Phi) is 5.98. The molecule has 0 saturated carbocycles. The zero-order chi connectivity index (χ0) is 16.8. The fourth-order valence-corrected chi connectivity index (χ4v) is 2.72. The van der Waals surface area contributed by atoms with Crippen LogP contribution in [0.25, 0.3) is 0 Å². The van der Waals surface area contributed by atoms with E-state index in [4.69, 9.17) is 9.47 Å². The third-order valence-corrected chi connectivity index (χ3v) is 4.06. The van der Waals surface area contributed by atoms with E-state index in [1.807, 2.05) is 25.1 Å². The van der Waals surface area contributed by atoms with Crippen LogP contribution < -0.4 is 10.1 Å². The fourth-order valence-electron chi connectivity index (χ4n) is 2.72. The molecule has 2 rings (SSSR count). The summed E-state index contributed by atoms with van der Waals surface area (Å²) >= 11 is 0. The molecule has 0 aromatic heterocycles. The molecule has 3 unspecified atom stereocenters. The summed E-state index contributed by atoms with van der Waals surface area (Å²) in [7, 11) is 1.55. The Labute approximate surface area is 135 Å². The third-order valence-electron chi connectivity index (χ3n) is 4.06. The predicted octanol–water partition coefficient (Wildman–Crippen LogP) is 1.62. The second-order valence-corrected chi connectivity index (χ2v) is 5.81. The maximum absolute atomic E-state index is 12.0. The zero-order valence-electron chi connectivity index (χ0n) is 13.5. The van der Waals surface area contributed by atoms with Crippen LogP contribution in [-0.4, -0.2) is 42.8 Å². The predicted molar refractivity (Wildman–Crippen MR) is 84.4 cm³/mol. The molecule has 1 aliphatic heterocycles. The van der Waals surface area contributed by atoms with Crippen molar-refractivity contribution in [2.24, 2.45) is 5.92 Å². The van der Waals surface area contributed by atoms with Gasteiger partial charge in [-0.15, -0.1) is 0 Å². The summed E-state index contributed by atoms with van der Waals surface area (Å²) < 4.78 is 10.7. The van der Waals surface area contributed by atoms with Gasteiger partial charge in [-0.3, -0.25) is 9.59 Å². The van der Waals surface area contributed by atoms with Gasteiger partial charge in [0.2, 0.25) is 5.91 Å². The number of methoxy groups -OCH3 is 1. The monoisotopic (exact) mass is 321 g/mol. The molecule has 2 N–H and O–H groups in total. The van der Waals surface area contributed by atoms with Crippen LogP contribution in [0.1, 0.15) is 25.3 Å². The molecule has 0 bridgehead atoms. The number of carbonyl (C=O) groups is 2. The maximum Gasteiger partial charge on any atom is 0.308 e. The Hall–Kier alpha value is -2.08. The number of carbonyl (C=O) groups excluding carboxylic acids is 1. The lowest BCUT2D eigenvalue weighted by atomic mass is 9.98. The standard InChI is InChI=1S/C17H23NO5/c1-11-7-8-15(23-11)16(19)18-10-13(17(20)21)9-12-5-3-4-6-14(12)22-2/h3-6,11,13,15H,7-10H2,1-2H3,(H,18,19)(H,20,21). The molecule has 1 aliphatic rings. The quantitative estimate of drug-likeness (QED) is 0.797. The number of para-hydroxylation sites is 1. The van der Waals surface area contributed by atoms with E-state index in [-0.39, 0.29) is 18.6 Å². The van der Waals surface area contributed by atoms with Crippen LogP contribution in [0.2, 0.25) is 0 Å². The van der Waals surface area contributed by atoms with E-state index < -0.39 is 18.0 Å². The normalized spacial score (nSPS) is 21.7. The van der Waals surface area contributed by atoms with Crippen molar-refractivity contribution >= 4 is 11.9 Å². The average Bonchev–Trinajstić information content (AvgIpc) is 2.97. The number of ether oxygens (including phenoxy) is 2. The Morgan fingerprint density at radius 2 is 2.13 bits per heavy atom. The SMILES string of the molecule is COc1ccccc1CC(CNC(=O)C1CCC(C)O1)C(=O)O. The van der Waals surface area contributed by atoms with Crippen molar-refractivity contribution < 1.29 is 24.2 Å². The van der Waals surface area contributed by atoms with Gasteiger partial charge >= 0.3 is 5.97 Å². The molecule has 1 fully saturated rings. The number of carboxylic acids is 1. The summed E-state index contributed by atoms with van der Waals surface area (Å²) in [5, 5.41) is 12.1. The number of benzene rings is 1. The maximum atomic E-state index is 12.0. The molecule has 23 heavy (non-hydrogen) atoms. The average molecular weight is 321 g/mol. The summed E-state index contributed by atoms with van der Waals surface area (Å²) in [5.41, 5.74) is 0.808. The van der Waals surface area contributed by atoms with Crippen LogP contribution in [0, 0.1) is 5.92 Å². The highest BCUT2D eigenvalue weighted by molar-refractivity contribution is 5.81. The van der Waals surface area contributed by atoms with Gasteiger partial charge in [-0.25, -0.2) is 0 Å². The molecular formula is C17H23NO5. The lowest BCUT2D eigenvalue weighted by Crippen LogP contribution is -2.39. The number of aliphatic carboxylic acids is 1. The molecule has 6 nitrogen and oxygen atoms in total. The van der Waals surface area contributed by atoms with Gasteiger partial charge in [0.05, 0.1) is 19.1 Å². The highest BCUT2D eigenvalue weighted by Gasteiger charge is 2.29. The first-order valence-electron chi connectivity index (χ1n) is 7.79. The van der Waals surface area contributed by atoms with Crippen molar-refractivity contribution in [1.82, 2.24) is 5.32 Å². The summed E-state index contributed by atoms with van der Waals surface area (Å²) in [6.07, 6.45) is 1.43. The minimum atomic E-state index is -0.947. The Balaban J connectivity index is 1.94. The summed E-state index contributed by atoms with van der Waals surface area (Å²) in [6.45, 7) is 2.00. The van der Waals surface area contributed by atoms with Crippen LogP contribution >= 0.6 is 0 Å². The smallest absolute Gasteiger partial charge is 0.308 e. The molecule has 0 aliphatic carbocycles. The van der Waals surface area contributed by atoms with E-state index in [1.165, 1.54) is 0 Å². The molecule has 6 heteroatoms. The third kappa shape index (κ3) is 4.69. The molecule has 0 radical (unpaired) electrons. The van der Waals surface area contributed by atoms with Crippen molar-refractivity contribution in [1.29, 1.82) is 0 Å². The second-order valence-electron chi connectivity index (χ2n) is 5.81. The molecule has 126 valence electrons. The van der Waals surface area contributed by atoms with E-state index in [0.29, 0.717) is 18.6 Å². The lowest BCUT2D eigenvalue weighted by molar-refractivity contribution is -0.142. The largest absolute Gasteiger partial charge is 0.496 e. The second kappa shape index (κ2) is 7.97. The zero-order valence-corrected chi connectivity index (χ0v) is 13.5. The van der Waals surface area contributed by atoms with Crippen LogP contribution in [-0.2, 0) is 20.7 Å². The molecule has 1 aromatic rings. The van der Waals surface area contributed by atoms with Crippen molar-refractivity contribution in [3.8, 4) is 5.75 Å². The molecule has 3 atom stereocenters. The summed E-state index contributed by atoms with van der Waals surface area (Å²) in [4.78, 5) is 23.5. The van der Waals surface area contributed by atoms with Gasteiger partial charge in [-0.05, 0) is 37.8 Å². The van der Waals surface area contributed by atoms with Gasteiger partial charge in [0.25, 0.3) is 0 Å². The number of hydrogen-bond donors (Lipinski definition) is 2. The molecule has 1 amide bonds. The highest BCUT2D eigenvalue weighted by atomic mass is 16.5. The molecule has 1 saturated heterocycles. The van der Waals surface area contributed by atoms with Crippen LogP contribution in [0.15, 0.2) is 24.3 Å². The summed E-state index contributed by atoms with van der Waals surface area (Å²) in [6, 6.07) is 7.29. The number of rotatable bonds is 7. The topological polar surface area (TPSA) is 84.9 Å². The first kappa shape index (κ1) is 17.3. The summed E-state index contributed by atoms with van der Waals surface area (Å²) in [5.74, 6) is -1.25. The highest BCUT2D eigenvalue weighted by Crippen LogP contribution is 2.22. The minimum Gasteiger partial charge on any atom is -0.496 e. The van der Waals surface area contributed by atoms with E-state index in [2.05, 4.69) is 5.32 Å².